The molecule has 2 atom stereocenters. The molecule has 4 aromatic rings. The Bertz CT molecular complexity index is 1180. The Morgan fingerprint density at radius 3 is 2.56 bits per heavy atom. The van der Waals surface area contributed by atoms with Gasteiger partial charge in [0.2, 0.25) is 0 Å². The van der Waals surface area contributed by atoms with Gasteiger partial charge in [0.1, 0.15) is 28.9 Å². The van der Waals surface area contributed by atoms with Crippen LogP contribution in [0.5, 0.6) is 0 Å². The summed E-state index contributed by atoms with van der Waals surface area (Å²) in [6.07, 6.45) is 4.64. The highest BCUT2D eigenvalue weighted by Gasteiger charge is 2.42. The number of fused-ring (bicyclic) bond motifs is 1. The summed E-state index contributed by atoms with van der Waals surface area (Å²) in [4.78, 5) is 18.1. The molecule has 7 nitrogen and oxygen atoms in total. The van der Waals surface area contributed by atoms with Crippen molar-refractivity contribution in [2.75, 3.05) is 0 Å². The third-order valence-electron chi connectivity index (χ3n) is 4.93. The molecule has 0 aliphatic heterocycles. The van der Waals surface area contributed by atoms with E-state index in [9.17, 15) is 4.39 Å². The minimum Gasteiger partial charge on any atom is -0.307 e. The van der Waals surface area contributed by atoms with E-state index in [1.807, 2.05) is 37.4 Å². The van der Waals surface area contributed by atoms with Crippen molar-refractivity contribution in [3.05, 3.63) is 65.3 Å². The Balaban J connectivity index is 1.48. The Kier molecular flexibility index (Phi) is 3.37. The molecule has 1 unspecified atom stereocenters. The van der Waals surface area contributed by atoms with Gasteiger partial charge in [-0.1, -0.05) is 0 Å². The fourth-order valence-corrected chi connectivity index (χ4v) is 3.61. The van der Waals surface area contributed by atoms with Crippen LogP contribution in [0.1, 0.15) is 47.1 Å². The van der Waals surface area contributed by atoms with Crippen LogP contribution in [0.2, 0.25) is 0 Å². The van der Waals surface area contributed by atoms with E-state index in [0.29, 0.717) is 17.3 Å². The second-order valence-electron chi connectivity index (χ2n) is 7.04. The molecule has 0 bridgehead atoms. The molecule has 1 aliphatic carbocycles. The number of nitrogens with zero attached hydrogens (tertiary/aromatic N) is 7. The van der Waals surface area contributed by atoms with Crippen molar-refractivity contribution in [3.8, 4) is 5.82 Å². The van der Waals surface area contributed by atoms with E-state index in [1.165, 1.54) is 12.1 Å². The number of imidazole rings is 1. The van der Waals surface area contributed by atoms with Gasteiger partial charge in [-0.15, -0.1) is 5.10 Å². The molecule has 0 N–H and O–H groups in total. The maximum atomic E-state index is 13.4. The largest absolute Gasteiger partial charge is 0.307 e. The Morgan fingerprint density at radius 1 is 0.963 bits per heavy atom. The van der Waals surface area contributed by atoms with Crippen LogP contribution in [0.4, 0.5) is 4.39 Å². The first kappa shape index (κ1) is 16.0. The monoisotopic (exact) mass is 363 g/mol. The zero-order valence-electron chi connectivity index (χ0n) is 15.3. The second kappa shape index (κ2) is 5.67. The summed E-state index contributed by atoms with van der Waals surface area (Å²) in [6, 6.07) is 4.86. The van der Waals surface area contributed by atoms with Crippen molar-refractivity contribution < 1.29 is 4.39 Å². The van der Waals surface area contributed by atoms with Gasteiger partial charge in [-0.3, -0.25) is 0 Å². The minimum absolute atomic E-state index is 0.276. The van der Waals surface area contributed by atoms with Gasteiger partial charge in [0.05, 0.1) is 11.4 Å². The Hall–Kier alpha value is -3.16. The fraction of sp³-hybridized carbons (Fsp3) is 0.316. The molecular weight excluding hydrogens is 345 g/mol. The smallest absolute Gasteiger partial charge is 0.159 e. The Morgan fingerprint density at radius 2 is 1.78 bits per heavy atom. The van der Waals surface area contributed by atoms with Crippen LogP contribution in [-0.4, -0.2) is 34.1 Å². The van der Waals surface area contributed by atoms with Gasteiger partial charge >= 0.3 is 0 Å². The third kappa shape index (κ3) is 2.77. The standard InChI is InChI=1S/C19H18FN7/c1-10-22-16(8-19(23-10)27-12(3)21-11(2)25-27)14-7-15(14)17-9-26-5-4-13(20)6-18(26)24-17/h4-6,8-9,14-15H,7H2,1-3H3/t14-,15?/m1/s1. The van der Waals surface area contributed by atoms with Gasteiger partial charge in [0.25, 0.3) is 0 Å². The summed E-state index contributed by atoms with van der Waals surface area (Å²) in [6.45, 7) is 5.66. The molecule has 0 saturated heterocycles. The molecule has 27 heavy (non-hydrogen) atoms. The van der Waals surface area contributed by atoms with Crippen LogP contribution in [0.25, 0.3) is 11.5 Å². The highest BCUT2D eigenvalue weighted by molar-refractivity contribution is 5.43. The van der Waals surface area contributed by atoms with Crippen LogP contribution in [0, 0.1) is 26.6 Å². The van der Waals surface area contributed by atoms with Gasteiger partial charge in [-0.25, -0.2) is 24.3 Å². The number of aryl methyl sites for hydroxylation is 3. The molecule has 8 heteroatoms. The summed E-state index contributed by atoms with van der Waals surface area (Å²) in [5, 5.41) is 4.42. The quantitative estimate of drug-likeness (QED) is 0.559. The fourth-order valence-electron chi connectivity index (χ4n) is 3.61. The summed E-state index contributed by atoms with van der Waals surface area (Å²) >= 11 is 0. The van der Waals surface area contributed by atoms with E-state index >= 15 is 0 Å². The van der Waals surface area contributed by atoms with E-state index in [1.54, 1.807) is 10.9 Å². The van der Waals surface area contributed by atoms with Crippen LogP contribution in [-0.2, 0) is 0 Å². The summed E-state index contributed by atoms with van der Waals surface area (Å²) in [5.74, 6) is 3.24. The van der Waals surface area contributed by atoms with Gasteiger partial charge in [0, 0.05) is 36.4 Å². The van der Waals surface area contributed by atoms with Crippen LogP contribution in [0.15, 0.2) is 30.6 Å². The maximum Gasteiger partial charge on any atom is 0.159 e. The molecule has 0 amide bonds. The zero-order valence-corrected chi connectivity index (χ0v) is 15.3. The molecular formula is C19H18FN7. The average molecular weight is 363 g/mol. The lowest BCUT2D eigenvalue weighted by Crippen LogP contribution is -2.06. The molecule has 4 aromatic heterocycles. The molecule has 0 radical (unpaired) electrons. The molecule has 1 fully saturated rings. The molecule has 1 saturated carbocycles. The molecule has 0 aromatic carbocycles. The zero-order chi connectivity index (χ0) is 18.7. The molecule has 4 heterocycles. The molecule has 5 rings (SSSR count). The third-order valence-corrected chi connectivity index (χ3v) is 4.93. The number of aromatic nitrogens is 7. The maximum absolute atomic E-state index is 13.4. The number of halogens is 1. The van der Waals surface area contributed by atoms with Gasteiger partial charge < -0.3 is 4.40 Å². The first-order valence-electron chi connectivity index (χ1n) is 8.88. The number of rotatable bonds is 3. The molecule has 136 valence electrons. The van der Waals surface area contributed by atoms with Crippen molar-refractivity contribution in [2.24, 2.45) is 0 Å². The normalized spacial score (nSPS) is 19.0. The van der Waals surface area contributed by atoms with E-state index in [0.717, 1.165) is 29.5 Å². The van der Waals surface area contributed by atoms with E-state index in [4.69, 9.17) is 0 Å². The number of pyridine rings is 1. The van der Waals surface area contributed by atoms with Crippen molar-refractivity contribution in [1.82, 2.24) is 34.1 Å². The van der Waals surface area contributed by atoms with Gasteiger partial charge in [0.15, 0.2) is 5.82 Å². The predicted octanol–water partition coefficient (Wildman–Crippen LogP) is 3.04. The van der Waals surface area contributed by atoms with Crippen molar-refractivity contribution >= 4 is 5.65 Å². The van der Waals surface area contributed by atoms with Gasteiger partial charge in [-0.2, -0.15) is 4.68 Å². The highest BCUT2D eigenvalue weighted by atomic mass is 19.1. The first-order chi connectivity index (χ1) is 13.0. The summed E-state index contributed by atoms with van der Waals surface area (Å²) in [5.41, 5.74) is 2.58. The Labute approximate surface area is 154 Å². The second-order valence-corrected chi connectivity index (χ2v) is 7.04. The van der Waals surface area contributed by atoms with E-state index in [-0.39, 0.29) is 17.7 Å². The number of hydrogen-bond acceptors (Lipinski definition) is 5. The van der Waals surface area contributed by atoms with Crippen LogP contribution < -0.4 is 0 Å². The first-order valence-corrected chi connectivity index (χ1v) is 8.88. The topological polar surface area (TPSA) is 73.8 Å². The van der Waals surface area contributed by atoms with Crippen LogP contribution in [0.3, 0.4) is 0 Å². The lowest BCUT2D eigenvalue weighted by molar-refractivity contribution is 0.626. The highest BCUT2D eigenvalue weighted by Crippen LogP contribution is 2.53. The molecule has 1 aliphatic rings. The number of hydrogen-bond donors (Lipinski definition) is 0. The van der Waals surface area contributed by atoms with E-state index < -0.39 is 0 Å². The van der Waals surface area contributed by atoms with E-state index in [2.05, 4.69) is 25.0 Å². The van der Waals surface area contributed by atoms with Crippen molar-refractivity contribution in [3.63, 3.8) is 0 Å². The van der Waals surface area contributed by atoms with Crippen LogP contribution >= 0.6 is 0 Å². The van der Waals surface area contributed by atoms with Gasteiger partial charge in [-0.05, 0) is 33.3 Å². The average Bonchev–Trinajstić information content (AvgIpc) is 3.20. The van der Waals surface area contributed by atoms with Crippen molar-refractivity contribution in [1.29, 1.82) is 0 Å². The lowest BCUT2D eigenvalue weighted by atomic mass is 10.2. The lowest BCUT2D eigenvalue weighted by Gasteiger charge is -2.06. The summed E-state index contributed by atoms with van der Waals surface area (Å²) < 4.78 is 17.0. The van der Waals surface area contributed by atoms with Crippen molar-refractivity contribution in [2.45, 2.75) is 39.0 Å². The summed E-state index contributed by atoms with van der Waals surface area (Å²) in [7, 11) is 0. The minimum atomic E-state index is -0.276. The predicted molar refractivity (Wildman–Crippen MR) is 96.4 cm³/mol. The molecule has 0 spiro atoms. The SMILES string of the molecule is Cc1nc([C@@H]2CC2c2cn3ccc(F)cc3n2)cc(-n2nc(C)nc2C)n1.